The Bertz CT molecular complexity index is 805. The fourth-order valence-electron chi connectivity index (χ4n) is 3.63. The Balaban J connectivity index is 1.75. The maximum Gasteiger partial charge on any atom is 0.310 e. The zero-order valence-electron chi connectivity index (χ0n) is 15.2. The maximum atomic E-state index is 12.8. The van der Waals surface area contributed by atoms with Gasteiger partial charge in [0.05, 0.1) is 25.7 Å². The molecule has 0 aliphatic carbocycles. The molecule has 138 valence electrons. The first kappa shape index (κ1) is 18.3. The van der Waals surface area contributed by atoms with Gasteiger partial charge in [0.1, 0.15) is 5.75 Å². The number of esters is 1. The van der Waals surface area contributed by atoms with Crippen LogP contribution in [0.25, 0.3) is 10.9 Å². The van der Waals surface area contributed by atoms with Crippen LogP contribution in [0.1, 0.15) is 29.6 Å². The number of nitrogens with one attached hydrogen (secondary N) is 1. The van der Waals surface area contributed by atoms with Crippen LogP contribution in [0.4, 0.5) is 0 Å². The van der Waals surface area contributed by atoms with Gasteiger partial charge in [-0.2, -0.15) is 0 Å². The van der Waals surface area contributed by atoms with Crippen molar-refractivity contribution < 1.29 is 19.1 Å². The second-order valence-corrected chi connectivity index (χ2v) is 6.59. The summed E-state index contributed by atoms with van der Waals surface area (Å²) in [7, 11) is 3.01. The third-order valence-corrected chi connectivity index (χ3v) is 5.12. The number of pyridine rings is 1. The first-order valence-corrected chi connectivity index (χ1v) is 8.88. The molecule has 0 unspecified atom stereocenters. The van der Waals surface area contributed by atoms with Gasteiger partial charge in [-0.15, -0.1) is 0 Å². The van der Waals surface area contributed by atoms with Crippen molar-refractivity contribution in [3.05, 3.63) is 36.0 Å². The zero-order valence-corrected chi connectivity index (χ0v) is 15.2. The summed E-state index contributed by atoms with van der Waals surface area (Å²) < 4.78 is 10.2. The third-order valence-electron chi connectivity index (χ3n) is 5.12. The topological polar surface area (TPSA) is 77.5 Å². The number of aromatic nitrogens is 1. The number of rotatable bonds is 6. The van der Waals surface area contributed by atoms with E-state index in [9.17, 15) is 9.59 Å². The number of carbonyl (C=O) groups excluding carboxylic acids is 2. The third kappa shape index (κ3) is 3.85. The van der Waals surface area contributed by atoms with Gasteiger partial charge < -0.3 is 14.8 Å². The Kier molecular flexibility index (Phi) is 5.83. The van der Waals surface area contributed by atoms with Crippen molar-refractivity contribution in [2.45, 2.75) is 19.3 Å². The molecule has 2 heterocycles. The van der Waals surface area contributed by atoms with E-state index in [1.54, 1.807) is 19.4 Å². The summed E-state index contributed by atoms with van der Waals surface area (Å²) in [4.78, 5) is 29.1. The van der Waals surface area contributed by atoms with Crippen LogP contribution in [0.3, 0.4) is 0 Å². The molecule has 2 atom stereocenters. The number of hydrogen-bond acceptors (Lipinski definition) is 6. The highest BCUT2D eigenvalue weighted by Gasteiger charge is 2.31. The summed E-state index contributed by atoms with van der Waals surface area (Å²) in [6.07, 6.45) is 3.60. The monoisotopic (exact) mass is 356 g/mol. The molecule has 3 rings (SSSR count). The first-order chi connectivity index (χ1) is 12.6. The molecule has 1 saturated heterocycles. The van der Waals surface area contributed by atoms with Gasteiger partial charge in [-0.05, 0) is 49.6 Å². The lowest BCUT2D eigenvalue weighted by Crippen LogP contribution is -2.41. The number of benzene rings is 1. The minimum atomic E-state index is -0.200. The number of nitrogens with zero attached hydrogens (tertiary/aromatic N) is 1. The van der Waals surface area contributed by atoms with Crippen LogP contribution in [0.2, 0.25) is 0 Å². The van der Waals surface area contributed by atoms with Crippen molar-refractivity contribution in [3.8, 4) is 5.75 Å². The number of fused-ring (bicyclic) bond motifs is 1. The van der Waals surface area contributed by atoms with Crippen molar-refractivity contribution >= 4 is 22.7 Å². The molecule has 0 saturated carbocycles. The van der Waals surface area contributed by atoms with Crippen molar-refractivity contribution in [3.63, 3.8) is 0 Å². The second kappa shape index (κ2) is 8.27. The number of ketones is 1. The highest BCUT2D eigenvalue weighted by atomic mass is 16.5. The van der Waals surface area contributed by atoms with Gasteiger partial charge in [-0.3, -0.25) is 14.6 Å². The molecule has 0 amide bonds. The number of Topliss-reactive ketones (excluding diaryl/α,β-unsaturated/α-hetero) is 1. The summed E-state index contributed by atoms with van der Waals surface area (Å²) in [6, 6.07) is 7.28. The van der Waals surface area contributed by atoms with Crippen molar-refractivity contribution in [2.24, 2.45) is 11.8 Å². The Morgan fingerprint density at radius 1 is 1.27 bits per heavy atom. The lowest BCUT2D eigenvalue weighted by atomic mass is 9.82. The molecule has 0 bridgehead atoms. The Morgan fingerprint density at radius 2 is 2.12 bits per heavy atom. The van der Waals surface area contributed by atoms with Crippen molar-refractivity contribution in [1.29, 1.82) is 0 Å². The van der Waals surface area contributed by atoms with Crippen LogP contribution in [-0.2, 0) is 9.53 Å². The Labute approximate surface area is 152 Å². The minimum absolute atomic E-state index is 0.0628. The number of hydrogen-bond donors (Lipinski definition) is 1. The molecule has 0 radical (unpaired) electrons. The van der Waals surface area contributed by atoms with Crippen molar-refractivity contribution in [1.82, 2.24) is 10.3 Å². The van der Waals surface area contributed by atoms with E-state index in [0.717, 1.165) is 23.9 Å². The number of carbonyl (C=O) groups is 2. The van der Waals surface area contributed by atoms with Gasteiger partial charge in [0.15, 0.2) is 5.78 Å². The molecule has 1 N–H and O–H groups in total. The molecule has 1 aliphatic heterocycles. The van der Waals surface area contributed by atoms with E-state index in [2.05, 4.69) is 10.3 Å². The van der Waals surface area contributed by atoms with Gasteiger partial charge in [0.2, 0.25) is 0 Å². The molecule has 2 aromatic rings. The molecule has 1 aromatic heterocycles. The quantitative estimate of drug-likeness (QED) is 0.633. The van der Waals surface area contributed by atoms with E-state index in [4.69, 9.17) is 9.47 Å². The van der Waals surface area contributed by atoms with E-state index in [1.807, 2.05) is 18.2 Å². The van der Waals surface area contributed by atoms with Gasteiger partial charge in [0, 0.05) is 30.1 Å². The van der Waals surface area contributed by atoms with Crippen LogP contribution in [0, 0.1) is 11.8 Å². The summed E-state index contributed by atoms with van der Waals surface area (Å²) in [5.41, 5.74) is 1.42. The highest BCUT2D eigenvalue weighted by Crippen LogP contribution is 2.28. The van der Waals surface area contributed by atoms with E-state index in [1.165, 1.54) is 7.11 Å². The highest BCUT2D eigenvalue weighted by molar-refractivity contribution is 6.07. The summed E-state index contributed by atoms with van der Waals surface area (Å²) in [5.74, 6) is 0.538. The van der Waals surface area contributed by atoms with Crippen LogP contribution in [0.15, 0.2) is 30.5 Å². The van der Waals surface area contributed by atoms with E-state index >= 15 is 0 Å². The lowest BCUT2D eigenvalue weighted by Gasteiger charge is -2.30. The first-order valence-electron chi connectivity index (χ1n) is 8.88. The SMILES string of the molecule is COC(=O)[C@H]1CNCC[C@H]1CCC(=O)c1ccnc2ccc(OC)cc12. The molecule has 1 fully saturated rings. The molecule has 26 heavy (non-hydrogen) atoms. The standard InChI is InChI=1S/C20H24N2O4/c1-25-14-4-5-18-16(11-14)15(8-10-22-18)19(23)6-3-13-7-9-21-12-17(13)20(24)26-2/h4-5,8,10-11,13,17,21H,3,6-7,9,12H2,1-2H3/t13-,17+/m1/s1. The molecular weight excluding hydrogens is 332 g/mol. The number of methoxy groups -OCH3 is 2. The molecule has 0 spiro atoms. The molecule has 1 aromatic carbocycles. The van der Waals surface area contributed by atoms with Gasteiger partial charge >= 0.3 is 5.97 Å². The average Bonchev–Trinajstić information content (AvgIpc) is 2.70. The summed E-state index contributed by atoms with van der Waals surface area (Å²) >= 11 is 0. The van der Waals surface area contributed by atoms with Crippen molar-refractivity contribution in [2.75, 3.05) is 27.3 Å². The number of piperidine rings is 1. The second-order valence-electron chi connectivity index (χ2n) is 6.59. The van der Waals surface area contributed by atoms with Gasteiger partial charge in [-0.25, -0.2) is 0 Å². The van der Waals surface area contributed by atoms with Gasteiger partial charge in [0.25, 0.3) is 0 Å². The Morgan fingerprint density at radius 3 is 2.88 bits per heavy atom. The van der Waals surface area contributed by atoms with Crippen LogP contribution < -0.4 is 10.1 Å². The van der Waals surface area contributed by atoms with Gasteiger partial charge in [-0.1, -0.05) is 0 Å². The van der Waals surface area contributed by atoms with E-state index in [0.29, 0.717) is 30.7 Å². The van der Waals surface area contributed by atoms with E-state index in [-0.39, 0.29) is 23.6 Å². The normalized spacial score (nSPS) is 19.9. The predicted octanol–water partition coefficient (Wildman–Crippen LogP) is 2.61. The average molecular weight is 356 g/mol. The minimum Gasteiger partial charge on any atom is -0.497 e. The molecule has 1 aliphatic rings. The lowest BCUT2D eigenvalue weighted by molar-refractivity contribution is -0.148. The summed E-state index contributed by atoms with van der Waals surface area (Å²) in [5, 5.41) is 4.03. The fraction of sp³-hybridized carbons (Fsp3) is 0.450. The van der Waals surface area contributed by atoms with E-state index < -0.39 is 0 Å². The Hall–Kier alpha value is -2.47. The molecule has 6 nitrogen and oxygen atoms in total. The maximum absolute atomic E-state index is 12.8. The zero-order chi connectivity index (χ0) is 18.5. The van der Waals surface area contributed by atoms with Crippen LogP contribution in [-0.4, -0.2) is 44.0 Å². The largest absolute Gasteiger partial charge is 0.497 e. The fourth-order valence-corrected chi connectivity index (χ4v) is 3.63. The van der Waals surface area contributed by atoms with Crippen LogP contribution >= 0.6 is 0 Å². The summed E-state index contributed by atoms with van der Waals surface area (Å²) in [6.45, 7) is 1.47. The smallest absolute Gasteiger partial charge is 0.310 e. The molecule has 6 heteroatoms. The number of ether oxygens (including phenoxy) is 2. The predicted molar refractivity (Wildman–Crippen MR) is 98.3 cm³/mol. The molecular formula is C20H24N2O4. The van der Waals surface area contributed by atoms with Crippen LogP contribution in [0.5, 0.6) is 5.75 Å².